The van der Waals surface area contributed by atoms with E-state index in [2.05, 4.69) is 33.6 Å². The van der Waals surface area contributed by atoms with Gasteiger partial charge in [0.15, 0.2) is 0 Å². The molecule has 2 aromatic rings. The number of methoxy groups -OCH3 is 1. The first-order chi connectivity index (χ1) is 16.0. The predicted molar refractivity (Wildman–Crippen MR) is 122 cm³/mol. The predicted octanol–water partition coefficient (Wildman–Crippen LogP) is 1.11. The van der Waals surface area contributed by atoms with Crippen molar-refractivity contribution in [1.82, 2.24) is 26.4 Å². The van der Waals surface area contributed by atoms with Gasteiger partial charge in [0, 0.05) is 50.3 Å². The Morgan fingerprint density at radius 2 is 2.06 bits per heavy atom. The Bertz CT molecular complexity index is 974. The first-order valence-electron chi connectivity index (χ1n) is 11.2. The third kappa shape index (κ3) is 5.68. The van der Waals surface area contributed by atoms with Crippen LogP contribution in [0.15, 0.2) is 48.5 Å². The standard InChI is InChI=1S/C24H30FN5O3/c1-33-19-8-7-17(20(25)11-19)15-30-10-9-26-24(32)21(30)12-22(31)27-13-18-14-28-29-23(18)16-5-3-2-4-6-16/h2-8,11,18,21,23,28-29H,9-10,12-15H2,1H3,(H,26,32)(H,27,31). The minimum absolute atomic E-state index is 0.0210. The molecule has 2 fully saturated rings. The van der Waals surface area contributed by atoms with Gasteiger partial charge in [-0.3, -0.25) is 19.9 Å². The fourth-order valence-electron chi connectivity index (χ4n) is 4.41. The number of nitrogens with zero attached hydrogens (tertiary/aromatic N) is 1. The summed E-state index contributed by atoms with van der Waals surface area (Å²) in [6.45, 7) is 2.47. The summed E-state index contributed by atoms with van der Waals surface area (Å²) in [4.78, 5) is 27.2. The quantitative estimate of drug-likeness (QED) is 0.477. The number of rotatable bonds is 8. The van der Waals surface area contributed by atoms with Crippen LogP contribution >= 0.6 is 0 Å². The number of carbonyl (C=O) groups is 2. The molecule has 8 nitrogen and oxygen atoms in total. The highest BCUT2D eigenvalue weighted by Gasteiger charge is 2.33. The molecule has 2 saturated heterocycles. The summed E-state index contributed by atoms with van der Waals surface area (Å²) < 4.78 is 19.5. The number of hydrazine groups is 1. The highest BCUT2D eigenvalue weighted by atomic mass is 19.1. The molecule has 9 heteroatoms. The summed E-state index contributed by atoms with van der Waals surface area (Å²) in [6, 6.07) is 14.2. The molecule has 0 bridgehead atoms. The van der Waals surface area contributed by atoms with E-state index >= 15 is 0 Å². The van der Waals surface area contributed by atoms with E-state index in [0.29, 0.717) is 30.9 Å². The van der Waals surface area contributed by atoms with Gasteiger partial charge in [0.2, 0.25) is 11.8 Å². The third-order valence-electron chi connectivity index (χ3n) is 6.27. The van der Waals surface area contributed by atoms with Crippen molar-refractivity contribution in [1.29, 1.82) is 0 Å². The summed E-state index contributed by atoms with van der Waals surface area (Å²) in [5.74, 6) is -0.182. The van der Waals surface area contributed by atoms with Gasteiger partial charge in [0.05, 0.1) is 25.6 Å². The topological polar surface area (TPSA) is 94.7 Å². The van der Waals surface area contributed by atoms with Crippen LogP contribution in [-0.2, 0) is 16.1 Å². The summed E-state index contributed by atoms with van der Waals surface area (Å²) in [6.07, 6.45) is 0.0210. The van der Waals surface area contributed by atoms with Crippen molar-refractivity contribution >= 4 is 11.8 Å². The Morgan fingerprint density at radius 3 is 2.82 bits per heavy atom. The van der Waals surface area contributed by atoms with Crippen LogP contribution < -0.4 is 26.2 Å². The molecule has 3 atom stereocenters. The SMILES string of the molecule is COc1ccc(CN2CCNC(=O)C2CC(=O)NCC2CNNC2c2ccccc2)c(F)c1. The number of amides is 2. The first kappa shape index (κ1) is 23.2. The van der Waals surface area contributed by atoms with Crippen LogP contribution in [0.25, 0.3) is 0 Å². The maximum absolute atomic E-state index is 14.5. The van der Waals surface area contributed by atoms with Crippen molar-refractivity contribution in [3.05, 3.63) is 65.5 Å². The molecule has 2 aliphatic heterocycles. The normalized spacial score (nSPS) is 23.2. The molecule has 176 valence electrons. The second-order valence-electron chi connectivity index (χ2n) is 8.42. The molecule has 0 saturated carbocycles. The Hall–Kier alpha value is -3.01. The van der Waals surface area contributed by atoms with Crippen molar-refractivity contribution in [3.63, 3.8) is 0 Å². The third-order valence-corrected chi connectivity index (χ3v) is 6.27. The molecular formula is C24H30FN5O3. The Morgan fingerprint density at radius 1 is 1.24 bits per heavy atom. The van der Waals surface area contributed by atoms with Crippen LogP contribution in [0.2, 0.25) is 0 Å². The van der Waals surface area contributed by atoms with Gasteiger partial charge in [-0.25, -0.2) is 9.82 Å². The Labute approximate surface area is 192 Å². The van der Waals surface area contributed by atoms with E-state index in [1.54, 1.807) is 12.1 Å². The zero-order valence-corrected chi connectivity index (χ0v) is 18.6. The van der Waals surface area contributed by atoms with E-state index in [1.165, 1.54) is 13.2 Å². The zero-order valence-electron chi connectivity index (χ0n) is 18.6. The molecule has 3 unspecified atom stereocenters. The second kappa shape index (κ2) is 10.7. The smallest absolute Gasteiger partial charge is 0.237 e. The summed E-state index contributed by atoms with van der Waals surface area (Å²) in [5.41, 5.74) is 8.04. The number of ether oxygens (including phenoxy) is 1. The molecular weight excluding hydrogens is 425 g/mol. The maximum atomic E-state index is 14.5. The van der Waals surface area contributed by atoms with Gasteiger partial charge < -0.3 is 15.4 Å². The van der Waals surface area contributed by atoms with Gasteiger partial charge in [-0.1, -0.05) is 36.4 Å². The molecule has 2 heterocycles. The van der Waals surface area contributed by atoms with Gasteiger partial charge >= 0.3 is 0 Å². The monoisotopic (exact) mass is 455 g/mol. The average molecular weight is 456 g/mol. The van der Waals surface area contributed by atoms with Crippen LogP contribution in [0.3, 0.4) is 0 Å². The molecule has 4 N–H and O–H groups in total. The van der Waals surface area contributed by atoms with E-state index in [1.807, 2.05) is 23.1 Å². The molecule has 0 spiro atoms. The number of piperazine rings is 1. The van der Waals surface area contributed by atoms with Crippen molar-refractivity contribution in [2.45, 2.75) is 25.0 Å². The minimum atomic E-state index is -0.648. The number of hydrogen-bond donors (Lipinski definition) is 4. The number of benzene rings is 2. The minimum Gasteiger partial charge on any atom is -0.497 e. The lowest BCUT2D eigenvalue weighted by molar-refractivity contribution is -0.134. The molecule has 0 aromatic heterocycles. The molecule has 0 aliphatic carbocycles. The summed E-state index contributed by atoms with van der Waals surface area (Å²) >= 11 is 0. The van der Waals surface area contributed by atoms with Crippen molar-refractivity contribution in [3.8, 4) is 5.75 Å². The molecule has 33 heavy (non-hydrogen) atoms. The van der Waals surface area contributed by atoms with Crippen molar-refractivity contribution < 1.29 is 18.7 Å². The molecule has 2 aromatic carbocycles. The van der Waals surface area contributed by atoms with Gasteiger partial charge in [-0.05, 0) is 11.6 Å². The maximum Gasteiger partial charge on any atom is 0.237 e. The lowest BCUT2D eigenvalue weighted by atomic mass is 9.95. The van der Waals surface area contributed by atoms with E-state index < -0.39 is 11.9 Å². The summed E-state index contributed by atoms with van der Waals surface area (Å²) in [7, 11) is 1.48. The highest BCUT2D eigenvalue weighted by Crippen LogP contribution is 2.24. The van der Waals surface area contributed by atoms with E-state index in [-0.39, 0.29) is 36.7 Å². The number of carbonyl (C=O) groups excluding carboxylic acids is 2. The summed E-state index contributed by atoms with van der Waals surface area (Å²) in [5, 5.41) is 5.80. The average Bonchev–Trinajstić information content (AvgIpc) is 3.30. The van der Waals surface area contributed by atoms with Gasteiger partial charge in [0.25, 0.3) is 0 Å². The van der Waals surface area contributed by atoms with E-state index in [4.69, 9.17) is 4.74 Å². The molecule has 2 aliphatic rings. The largest absolute Gasteiger partial charge is 0.497 e. The van der Waals surface area contributed by atoms with Crippen LogP contribution in [0.5, 0.6) is 5.75 Å². The first-order valence-corrected chi connectivity index (χ1v) is 11.2. The van der Waals surface area contributed by atoms with Crippen LogP contribution in [0, 0.1) is 11.7 Å². The second-order valence-corrected chi connectivity index (χ2v) is 8.42. The highest BCUT2D eigenvalue weighted by molar-refractivity contribution is 5.88. The lowest BCUT2D eigenvalue weighted by Gasteiger charge is -2.34. The van der Waals surface area contributed by atoms with Crippen LogP contribution in [0.1, 0.15) is 23.6 Å². The van der Waals surface area contributed by atoms with Crippen LogP contribution in [0.4, 0.5) is 4.39 Å². The van der Waals surface area contributed by atoms with Crippen molar-refractivity contribution in [2.75, 3.05) is 33.3 Å². The van der Waals surface area contributed by atoms with Crippen molar-refractivity contribution in [2.24, 2.45) is 5.92 Å². The zero-order chi connectivity index (χ0) is 23.2. The van der Waals surface area contributed by atoms with Crippen LogP contribution in [-0.4, -0.2) is 56.0 Å². The number of hydrogen-bond acceptors (Lipinski definition) is 6. The Balaban J connectivity index is 1.35. The van der Waals surface area contributed by atoms with E-state index in [9.17, 15) is 14.0 Å². The van der Waals surface area contributed by atoms with E-state index in [0.717, 1.165) is 12.1 Å². The van der Waals surface area contributed by atoms with Gasteiger partial charge in [0.1, 0.15) is 11.6 Å². The lowest BCUT2D eigenvalue weighted by Crippen LogP contribution is -2.56. The molecule has 4 rings (SSSR count). The number of nitrogens with one attached hydrogen (secondary N) is 4. The van der Waals surface area contributed by atoms with Gasteiger partial charge in [-0.15, -0.1) is 0 Å². The number of halogens is 1. The molecule has 2 amide bonds. The fraction of sp³-hybridized carbons (Fsp3) is 0.417. The van der Waals surface area contributed by atoms with Gasteiger partial charge in [-0.2, -0.15) is 0 Å². The molecule has 0 radical (unpaired) electrons. The fourth-order valence-corrected chi connectivity index (χ4v) is 4.41. The Kier molecular flexibility index (Phi) is 7.54.